The van der Waals surface area contributed by atoms with Crippen molar-refractivity contribution >= 4 is 42.1 Å². The van der Waals surface area contributed by atoms with E-state index in [1.807, 2.05) is 45.2 Å². The monoisotopic (exact) mass is 493 g/mol. The molecule has 0 aliphatic rings. The molecule has 6 nitrogen and oxygen atoms in total. The molecule has 0 saturated carbocycles. The first-order valence-electron chi connectivity index (χ1n) is 11.1. The van der Waals surface area contributed by atoms with Gasteiger partial charge in [0, 0.05) is 17.8 Å². The van der Waals surface area contributed by atoms with Crippen LogP contribution >= 0.6 is 11.8 Å². The molecule has 0 fully saturated rings. The molecule has 35 heavy (non-hydrogen) atoms. The Kier molecular flexibility index (Phi) is 17.9. The third-order valence-corrected chi connectivity index (χ3v) is 5.05. The number of benzene rings is 2. The minimum Gasteiger partial charge on any atom is -0.322 e. The molecule has 2 aromatic rings. The third-order valence-electron chi connectivity index (χ3n) is 4.03. The van der Waals surface area contributed by atoms with Crippen molar-refractivity contribution in [3.63, 3.8) is 0 Å². The van der Waals surface area contributed by atoms with Crippen LogP contribution in [0.1, 0.15) is 33.3 Å². The van der Waals surface area contributed by atoms with Gasteiger partial charge in [-0.1, -0.05) is 74.1 Å². The lowest BCUT2D eigenvalue weighted by Gasteiger charge is -2.06. The van der Waals surface area contributed by atoms with E-state index < -0.39 is 0 Å². The number of amides is 1. The normalized spacial score (nSPS) is 11.2. The summed E-state index contributed by atoms with van der Waals surface area (Å²) in [6.45, 7) is 11.4. The smallest absolute Gasteiger partial charge is 0.256 e. The zero-order chi connectivity index (χ0) is 26.5. The zero-order valence-electron chi connectivity index (χ0n) is 21.1. The number of carbonyl (C=O) groups excluding carboxylic acids is 3. The lowest BCUT2D eigenvalue weighted by molar-refractivity contribution is -0.113. The number of rotatable bonds is 10. The molecule has 7 heteroatoms. The predicted octanol–water partition coefficient (Wildman–Crippen LogP) is 5.95. The molecule has 0 radical (unpaired) electrons. The highest BCUT2D eigenvalue weighted by Crippen LogP contribution is 2.22. The van der Waals surface area contributed by atoms with Crippen LogP contribution in [-0.2, 0) is 20.9 Å². The van der Waals surface area contributed by atoms with Gasteiger partial charge in [0.2, 0.25) is 0 Å². The van der Waals surface area contributed by atoms with E-state index in [-0.39, 0.29) is 17.3 Å². The Morgan fingerprint density at radius 2 is 1.54 bits per heavy atom. The number of hydrogen-bond acceptors (Lipinski definition) is 6. The Bertz CT molecular complexity index is 1010. The first-order chi connectivity index (χ1) is 16.9. The molecule has 2 rings (SSSR count). The van der Waals surface area contributed by atoms with Gasteiger partial charge in [0.1, 0.15) is 0 Å². The number of carbonyl (C=O) groups is 3. The number of nitrogens with zero attached hydrogens (tertiary/aromatic N) is 1. The summed E-state index contributed by atoms with van der Waals surface area (Å²) in [5.41, 5.74) is 2.67. The number of hydrogen-bond donors (Lipinski definition) is 2. The molecule has 0 heterocycles. The van der Waals surface area contributed by atoms with E-state index in [1.165, 1.54) is 30.0 Å². The van der Waals surface area contributed by atoms with Crippen molar-refractivity contribution in [2.45, 2.75) is 34.2 Å². The van der Waals surface area contributed by atoms with Crippen molar-refractivity contribution in [3.05, 3.63) is 100.0 Å². The first-order valence-corrected chi connectivity index (χ1v) is 12.0. The molecule has 186 valence electrons. The molecule has 0 aliphatic heterocycles. The topological polar surface area (TPSA) is 87.6 Å². The molecule has 2 N–H and O–H groups in total. The van der Waals surface area contributed by atoms with Gasteiger partial charge in [0.15, 0.2) is 12.1 Å². The van der Waals surface area contributed by atoms with Crippen LogP contribution in [-0.4, -0.2) is 31.7 Å². The lowest BCUT2D eigenvalue weighted by Crippen LogP contribution is -2.13. The molecule has 0 unspecified atom stereocenters. The van der Waals surface area contributed by atoms with Crippen LogP contribution < -0.4 is 10.6 Å². The second kappa shape index (κ2) is 19.9. The Hall–Kier alpha value is -3.55. The number of allylic oxidation sites excluding steroid dienone is 3. The first kappa shape index (κ1) is 31.5. The maximum absolute atomic E-state index is 12.4. The standard InChI is InChI=1S/C18H18N2O3S.C8H11N.C2H6/c1-13(22)9-10-15(12-24-17(11-21)14(2)19-3)18(23)20-16-7-5-4-6-8-16;1-9-7-8-5-3-2-4-6-8;1-2/h4-12H,3H2,1-2H3,(H,20,23);2-6,9H,7H2,1H3;1-2H3/b10-9-,15-12+,17-14-;;. The van der Waals surface area contributed by atoms with Crippen molar-refractivity contribution in [1.82, 2.24) is 5.32 Å². The average Bonchev–Trinajstić information content (AvgIpc) is 2.88. The molecule has 0 atom stereocenters. The summed E-state index contributed by atoms with van der Waals surface area (Å²) < 4.78 is 0. The van der Waals surface area contributed by atoms with Crippen LogP contribution in [0.25, 0.3) is 0 Å². The molecule has 0 aliphatic carbocycles. The number of ketones is 1. The quantitative estimate of drug-likeness (QED) is 0.185. The van der Waals surface area contributed by atoms with E-state index in [4.69, 9.17) is 0 Å². The Morgan fingerprint density at radius 3 is 2.03 bits per heavy atom. The molecule has 0 bridgehead atoms. The third kappa shape index (κ3) is 14.3. The van der Waals surface area contributed by atoms with Gasteiger partial charge < -0.3 is 10.6 Å². The maximum Gasteiger partial charge on any atom is 0.256 e. The molecule has 0 aromatic heterocycles. The van der Waals surface area contributed by atoms with Crippen molar-refractivity contribution < 1.29 is 14.4 Å². The Labute approximate surface area is 213 Å². The predicted molar refractivity (Wildman–Crippen MR) is 149 cm³/mol. The van der Waals surface area contributed by atoms with E-state index in [2.05, 4.69) is 34.5 Å². The van der Waals surface area contributed by atoms with Crippen LogP contribution in [0.5, 0.6) is 0 Å². The van der Waals surface area contributed by atoms with Gasteiger partial charge in [0.25, 0.3) is 5.91 Å². The molecular formula is C28H35N3O3S. The highest BCUT2D eigenvalue weighted by molar-refractivity contribution is 8.06. The number of thioether (sulfide) groups is 1. The van der Waals surface area contributed by atoms with Crippen LogP contribution in [0.3, 0.4) is 0 Å². The summed E-state index contributed by atoms with van der Waals surface area (Å²) in [4.78, 5) is 38.6. The molecule has 2 aromatic carbocycles. The summed E-state index contributed by atoms with van der Waals surface area (Å²) >= 11 is 1.05. The van der Waals surface area contributed by atoms with Gasteiger partial charge in [-0.15, -0.1) is 0 Å². The van der Waals surface area contributed by atoms with Crippen LogP contribution in [0, 0.1) is 0 Å². The van der Waals surface area contributed by atoms with Crippen LogP contribution in [0.15, 0.2) is 99.4 Å². The van der Waals surface area contributed by atoms with E-state index in [0.29, 0.717) is 22.6 Å². The largest absolute Gasteiger partial charge is 0.322 e. The Balaban J connectivity index is 0.000000870. The number of para-hydroxylation sites is 1. The molecular weight excluding hydrogens is 458 g/mol. The van der Waals surface area contributed by atoms with Gasteiger partial charge in [-0.2, -0.15) is 0 Å². The van der Waals surface area contributed by atoms with Crippen LogP contribution in [0.2, 0.25) is 0 Å². The minimum absolute atomic E-state index is 0.187. The second-order valence-electron chi connectivity index (χ2n) is 6.70. The average molecular weight is 494 g/mol. The van der Waals surface area contributed by atoms with Gasteiger partial charge in [-0.25, -0.2) is 0 Å². The second-order valence-corrected chi connectivity index (χ2v) is 7.61. The number of anilines is 1. The SMILES string of the molecule is C=N/C(C)=C(/C=O)S/C=C(\C=C/C(C)=O)C(=O)Nc1ccccc1.CC.CNCc1ccccc1. The van der Waals surface area contributed by atoms with Crippen molar-refractivity contribution in [3.8, 4) is 0 Å². The molecule has 1 amide bonds. The summed E-state index contributed by atoms with van der Waals surface area (Å²) in [5.74, 6) is -0.575. The lowest BCUT2D eigenvalue weighted by atomic mass is 10.2. The number of nitrogens with one attached hydrogen (secondary N) is 2. The van der Waals surface area contributed by atoms with Gasteiger partial charge in [0.05, 0.1) is 10.6 Å². The summed E-state index contributed by atoms with van der Waals surface area (Å²) in [6.07, 6.45) is 3.35. The van der Waals surface area contributed by atoms with Crippen molar-refractivity contribution in [2.24, 2.45) is 4.99 Å². The maximum atomic E-state index is 12.4. The van der Waals surface area contributed by atoms with Crippen LogP contribution in [0.4, 0.5) is 5.69 Å². The van der Waals surface area contributed by atoms with E-state index >= 15 is 0 Å². The van der Waals surface area contributed by atoms with Gasteiger partial charge in [-0.05, 0) is 62.9 Å². The molecule has 0 saturated heterocycles. The zero-order valence-corrected chi connectivity index (χ0v) is 21.9. The fraction of sp³-hybridized carbons (Fsp3) is 0.214. The fourth-order valence-electron chi connectivity index (χ4n) is 2.30. The van der Waals surface area contributed by atoms with Crippen molar-refractivity contribution in [1.29, 1.82) is 0 Å². The number of aldehydes is 1. The summed E-state index contributed by atoms with van der Waals surface area (Å²) in [7, 11) is 1.95. The number of aliphatic imine (C=N–C) groups is 1. The van der Waals surface area contributed by atoms with Crippen molar-refractivity contribution in [2.75, 3.05) is 12.4 Å². The van der Waals surface area contributed by atoms with Gasteiger partial charge >= 0.3 is 0 Å². The summed E-state index contributed by atoms with van der Waals surface area (Å²) in [5, 5.41) is 7.31. The highest BCUT2D eigenvalue weighted by Gasteiger charge is 2.09. The Morgan fingerprint density at radius 1 is 0.971 bits per heavy atom. The van der Waals surface area contributed by atoms with E-state index in [9.17, 15) is 14.4 Å². The minimum atomic E-state index is -0.388. The van der Waals surface area contributed by atoms with E-state index in [1.54, 1.807) is 31.2 Å². The fourth-order valence-corrected chi connectivity index (χ4v) is 3.03. The van der Waals surface area contributed by atoms with Gasteiger partial charge in [-0.3, -0.25) is 19.4 Å². The molecule has 0 spiro atoms. The summed E-state index contributed by atoms with van der Waals surface area (Å²) in [6, 6.07) is 19.3. The highest BCUT2D eigenvalue weighted by atomic mass is 32.2. The van der Waals surface area contributed by atoms with E-state index in [0.717, 1.165) is 18.3 Å².